The fourth-order valence-corrected chi connectivity index (χ4v) is 4.85. The molecule has 0 radical (unpaired) electrons. The maximum atomic E-state index is 6.15. The summed E-state index contributed by atoms with van der Waals surface area (Å²) in [6.07, 6.45) is 2.05. The van der Waals surface area contributed by atoms with Crippen molar-refractivity contribution in [1.29, 1.82) is 0 Å². The number of hydrogen-bond donors (Lipinski definition) is 0. The van der Waals surface area contributed by atoms with Gasteiger partial charge < -0.3 is 4.42 Å². The lowest BCUT2D eigenvalue weighted by Gasteiger charge is -2.08. The molecule has 3 aromatic carbocycles. The molecule has 5 aromatic rings. The highest BCUT2D eigenvalue weighted by atomic mass is 32.1. The predicted octanol–water partition coefficient (Wildman–Crippen LogP) is 6.82. The van der Waals surface area contributed by atoms with Crippen LogP contribution < -0.4 is 0 Å². The van der Waals surface area contributed by atoms with Crippen molar-refractivity contribution in [3.63, 3.8) is 0 Å². The SMILES string of the molecule is S=C1C(=Cc2cc3oc(-c4ccccc4)nc3n2-c2ccccc2)C(=S)c2ccccc21. The summed E-state index contributed by atoms with van der Waals surface area (Å²) in [4.78, 5) is 6.39. The molecule has 0 amide bonds. The molecule has 32 heavy (non-hydrogen) atoms. The molecule has 1 aliphatic rings. The van der Waals surface area contributed by atoms with E-state index in [2.05, 4.69) is 22.8 Å². The largest absolute Gasteiger partial charge is 0.434 e. The normalized spacial score (nSPS) is 13.1. The van der Waals surface area contributed by atoms with E-state index in [4.69, 9.17) is 33.8 Å². The Morgan fingerprint density at radius 3 is 2.00 bits per heavy atom. The summed E-state index contributed by atoms with van der Waals surface area (Å²) < 4.78 is 8.24. The van der Waals surface area contributed by atoms with Crippen LogP contribution in [0.2, 0.25) is 0 Å². The topological polar surface area (TPSA) is 31.0 Å². The van der Waals surface area contributed by atoms with Crippen molar-refractivity contribution in [3.8, 4) is 17.1 Å². The number of allylic oxidation sites excluding steroid dienone is 1. The van der Waals surface area contributed by atoms with E-state index >= 15 is 0 Å². The van der Waals surface area contributed by atoms with Crippen molar-refractivity contribution in [1.82, 2.24) is 9.55 Å². The zero-order valence-corrected chi connectivity index (χ0v) is 18.5. The lowest BCUT2D eigenvalue weighted by Crippen LogP contribution is -2.02. The average molecular weight is 449 g/mol. The van der Waals surface area contributed by atoms with Crippen LogP contribution >= 0.6 is 24.4 Å². The van der Waals surface area contributed by atoms with Crippen molar-refractivity contribution in [2.45, 2.75) is 0 Å². The minimum Gasteiger partial charge on any atom is -0.434 e. The standard InChI is InChI=1S/C27H16N2OS2/c31-24-20-13-7-8-14-21(20)25(32)22(24)15-19-16-23-26(29(19)18-11-5-2-6-12-18)28-27(30-23)17-9-3-1-4-10-17/h1-16H. The third-order valence-electron chi connectivity index (χ3n) is 5.62. The summed E-state index contributed by atoms with van der Waals surface area (Å²) in [7, 11) is 0. The molecule has 0 N–H and O–H groups in total. The van der Waals surface area contributed by atoms with Crippen LogP contribution in [0, 0.1) is 0 Å². The molecule has 152 valence electrons. The number of rotatable bonds is 3. The molecule has 0 aliphatic heterocycles. The number of para-hydroxylation sites is 1. The first-order valence-electron chi connectivity index (χ1n) is 10.2. The minimum atomic E-state index is 0.596. The van der Waals surface area contributed by atoms with Crippen molar-refractivity contribution in [3.05, 3.63) is 113 Å². The predicted molar refractivity (Wildman–Crippen MR) is 137 cm³/mol. The number of hydrogen-bond acceptors (Lipinski definition) is 4. The molecule has 1 aliphatic carbocycles. The molecule has 0 saturated heterocycles. The Bertz CT molecular complexity index is 1510. The van der Waals surface area contributed by atoms with Gasteiger partial charge in [0.1, 0.15) is 0 Å². The lowest BCUT2D eigenvalue weighted by molar-refractivity contribution is 0.620. The van der Waals surface area contributed by atoms with Crippen LogP contribution in [0.1, 0.15) is 16.8 Å². The van der Waals surface area contributed by atoms with Crippen LogP contribution in [0.5, 0.6) is 0 Å². The van der Waals surface area contributed by atoms with Gasteiger partial charge in [-0.3, -0.25) is 4.57 Å². The molecule has 0 atom stereocenters. The van der Waals surface area contributed by atoms with Gasteiger partial charge in [-0.2, -0.15) is 4.98 Å². The van der Waals surface area contributed by atoms with Gasteiger partial charge >= 0.3 is 0 Å². The molecular weight excluding hydrogens is 432 g/mol. The van der Waals surface area contributed by atoms with E-state index < -0.39 is 0 Å². The van der Waals surface area contributed by atoms with Gasteiger partial charge in [-0.15, -0.1) is 0 Å². The third-order valence-corrected chi connectivity index (χ3v) is 6.50. The van der Waals surface area contributed by atoms with E-state index in [0.29, 0.717) is 11.5 Å². The molecular formula is C27H16N2OS2. The average Bonchev–Trinajstić information content (AvgIpc) is 3.47. The second kappa shape index (κ2) is 7.48. The third kappa shape index (κ3) is 2.98. The van der Waals surface area contributed by atoms with Crippen LogP contribution in [-0.2, 0) is 0 Å². The fourth-order valence-electron chi connectivity index (χ4n) is 4.11. The van der Waals surface area contributed by atoms with Crippen molar-refractivity contribution >= 4 is 51.5 Å². The van der Waals surface area contributed by atoms with Crippen molar-refractivity contribution in [2.75, 3.05) is 0 Å². The van der Waals surface area contributed by atoms with Gasteiger partial charge in [0, 0.05) is 34.0 Å². The quantitative estimate of drug-likeness (QED) is 0.224. The van der Waals surface area contributed by atoms with E-state index in [1.807, 2.05) is 78.9 Å². The molecule has 0 bridgehead atoms. The first kappa shape index (κ1) is 19.0. The maximum absolute atomic E-state index is 6.15. The Kier molecular flexibility index (Phi) is 4.45. The van der Waals surface area contributed by atoms with Crippen LogP contribution in [0.3, 0.4) is 0 Å². The van der Waals surface area contributed by atoms with Gasteiger partial charge in [0.05, 0.1) is 15.4 Å². The zero-order chi connectivity index (χ0) is 21.7. The molecule has 0 fully saturated rings. The van der Waals surface area contributed by atoms with Gasteiger partial charge in [0.15, 0.2) is 11.2 Å². The van der Waals surface area contributed by atoms with E-state index in [-0.39, 0.29) is 0 Å². The number of aromatic nitrogens is 2. The number of nitrogens with zero attached hydrogens (tertiary/aromatic N) is 2. The van der Waals surface area contributed by atoms with E-state index in [9.17, 15) is 0 Å². The summed E-state index contributed by atoms with van der Waals surface area (Å²) >= 11 is 11.5. The van der Waals surface area contributed by atoms with E-state index in [0.717, 1.165) is 49.0 Å². The Balaban J connectivity index is 1.55. The number of oxazole rings is 1. The maximum Gasteiger partial charge on any atom is 0.228 e. The highest BCUT2D eigenvalue weighted by molar-refractivity contribution is 7.84. The number of benzene rings is 3. The summed E-state index contributed by atoms with van der Waals surface area (Å²) in [5, 5.41) is 0. The molecule has 0 saturated carbocycles. The van der Waals surface area contributed by atoms with Gasteiger partial charge in [0.2, 0.25) is 5.89 Å². The molecule has 0 unspecified atom stereocenters. The highest BCUT2D eigenvalue weighted by Gasteiger charge is 2.27. The zero-order valence-electron chi connectivity index (χ0n) is 16.9. The summed E-state index contributed by atoms with van der Waals surface area (Å²) in [6.45, 7) is 0. The Labute approximate surface area is 195 Å². The Hall–Kier alpha value is -3.67. The van der Waals surface area contributed by atoms with Crippen LogP contribution in [0.15, 0.2) is 101 Å². The van der Waals surface area contributed by atoms with Crippen LogP contribution in [0.25, 0.3) is 34.4 Å². The van der Waals surface area contributed by atoms with E-state index in [1.165, 1.54) is 0 Å². The lowest BCUT2D eigenvalue weighted by atomic mass is 10.1. The fraction of sp³-hybridized carbons (Fsp3) is 0. The molecule has 3 nitrogen and oxygen atoms in total. The van der Waals surface area contributed by atoms with Crippen molar-refractivity contribution in [2.24, 2.45) is 0 Å². The van der Waals surface area contributed by atoms with E-state index in [1.54, 1.807) is 0 Å². The minimum absolute atomic E-state index is 0.596. The number of fused-ring (bicyclic) bond motifs is 2. The second-order valence-corrected chi connectivity index (χ2v) is 8.39. The van der Waals surface area contributed by atoms with Gasteiger partial charge in [-0.1, -0.05) is 85.1 Å². The molecule has 2 aromatic heterocycles. The van der Waals surface area contributed by atoms with Crippen LogP contribution in [-0.4, -0.2) is 19.3 Å². The second-order valence-electron chi connectivity index (χ2n) is 7.57. The summed E-state index contributed by atoms with van der Waals surface area (Å²) in [6, 6.07) is 30.1. The van der Waals surface area contributed by atoms with Gasteiger partial charge in [0.25, 0.3) is 0 Å². The Morgan fingerprint density at radius 2 is 1.34 bits per heavy atom. The van der Waals surface area contributed by atoms with Gasteiger partial charge in [-0.05, 0) is 30.3 Å². The first-order valence-corrected chi connectivity index (χ1v) is 11.1. The summed E-state index contributed by atoms with van der Waals surface area (Å²) in [5.74, 6) is 0.596. The van der Waals surface area contributed by atoms with Gasteiger partial charge in [-0.25, -0.2) is 0 Å². The smallest absolute Gasteiger partial charge is 0.228 e. The monoisotopic (exact) mass is 448 g/mol. The molecule has 0 spiro atoms. The molecule has 2 heterocycles. The first-order chi connectivity index (χ1) is 15.7. The molecule has 6 rings (SSSR count). The highest BCUT2D eigenvalue weighted by Crippen LogP contribution is 2.33. The molecule has 5 heteroatoms. The van der Waals surface area contributed by atoms with Crippen LogP contribution in [0.4, 0.5) is 0 Å². The van der Waals surface area contributed by atoms with Crippen molar-refractivity contribution < 1.29 is 4.42 Å². The summed E-state index contributed by atoms with van der Waals surface area (Å²) in [5.41, 5.74) is 7.25. The number of thiocarbonyl (C=S) groups is 2. The Morgan fingerprint density at radius 1 is 0.750 bits per heavy atom.